The van der Waals surface area contributed by atoms with E-state index in [1.165, 1.54) is 12.1 Å². The van der Waals surface area contributed by atoms with Gasteiger partial charge in [0.05, 0.1) is 4.90 Å². The van der Waals surface area contributed by atoms with Crippen molar-refractivity contribution >= 4 is 10.0 Å². The summed E-state index contributed by atoms with van der Waals surface area (Å²) >= 11 is 0. The summed E-state index contributed by atoms with van der Waals surface area (Å²) in [5.41, 5.74) is 0. The fourth-order valence-electron chi connectivity index (χ4n) is 1.39. The van der Waals surface area contributed by atoms with Crippen LogP contribution in [-0.4, -0.2) is 28.0 Å². The Hall–Kier alpha value is -1.76. The van der Waals surface area contributed by atoms with Crippen molar-refractivity contribution in [3.05, 3.63) is 36.2 Å². The van der Waals surface area contributed by atoms with Crippen LogP contribution in [0.5, 0.6) is 0 Å². The van der Waals surface area contributed by atoms with Crippen molar-refractivity contribution in [2.45, 2.75) is 24.7 Å². The van der Waals surface area contributed by atoms with Gasteiger partial charge in [-0.3, -0.25) is 0 Å². The summed E-state index contributed by atoms with van der Waals surface area (Å²) in [6, 6.07) is 8.10. The van der Waals surface area contributed by atoms with Crippen molar-refractivity contribution in [2.75, 3.05) is 0 Å². The molecule has 0 N–H and O–H groups in total. The van der Waals surface area contributed by atoms with Crippen LogP contribution >= 0.6 is 0 Å². The molecule has 0 atom stereocenters. The second-order valence-electron chi connectivity index (χ2n) is 3.85. The lowest BCUT2D eigenvalue weighted by atomic mass is 10.2. The second-order valence-corrected chi connectivity index (χ2v) is 5.62. The van der Waals surface area contributed by atoms with Crippen LogP contribution in [0.1, 0.15) is 25.6 Å². The molecule has 6 nitrogen and oxygen atoms in total. The normalized spacial score (nSPS) is 11.9. The molecule has 0 aliphatic heterocycles. The zero-order chi connectivity index (χ0) is 12.5. The van der Waals surface area contributed by atoms with E-state index in [1.807, 2.05) is 13.8 Å². The van der Waals surface area contributed by atoms with E-state index in [1.54, 1.807) is 18.2 Å². The summed E-state index contributed by atoms with van der Waals surface area (Å²) in [6.07, 6.45) is 0. The van der Waals surface area contributed by atoms with Gasteiger partial charge in [0, 0.05) is 5.92 Å². The average molecular weight is 252 g/mol. The third kappa shape index (κ3) is 2.05. The average Bonchev–Trinajstić information content (AvgIpc) is 2.80. The third-order valence-corrected chi connectivity index (χ3v) is 3.83. The number of hydrogen-bond donors (Lipinski definition) is 0. The van der Waals surface area contributed by atoms with E-state index >= 15 is 0 Å². The third-order valence-electron chi connectivity index (χ3n) is 2.25. The van der Waals surface area contributed by atoms with Gasteiger partial charge in [0.25, 0.3) is 10.0 Å². The van der Waals surface area contributed by atoms with Crippen molar-refractivity contribution in [1.29, 1.82) is 0 Å². The fraction of sp³-hybridized carbons (Fsp3) is 0.300. The van der Waals surface area contributed by atoms with Gasteiger partial charge in [-0.15, -0.1) is 9.19 Å². The van der Waals surface area contributed by atoms with Gasteiger partial charge in [0.15, 0.2) is 5.82 Å². The van der Waals surface area contributed by atoms with Crippen molar-refractivity contribution in [3.8, 4) is 0 Å². The first-order valence-corrected chi connectivity index (χ1v) is 6.56. The van der Waals surface area contributed by atoms with Gasteiger partial charge in [-0.25, -0.2) is 0 Å². The van der Waals surface area contributed by atoms with Crippen LogP contribution in [0.4, 0.5) is 0 Å². The Morgan fingerprint density at radius 1 is 1.18 bits per heavy atom. The number of tetrazole rings is 1. The van der Waals surface area contributed by atoms with Gasteiger partial charge in [-0.1, -0.05) is 32.0 Å². The highest BCUT2D eigenvalue weighted by Crippen LogP contribution is 2.17. The largest absolute Gasteiger partial charge is 0.286 e. The molecular formula is C10H12N4O2S. The molecule has 0 bridgehead atoms. The molecule has 0 aliphatic carbocycles. The molecule has 1 aromatic heterocycles. The van der Waals surface area contributed by atoms with Crippen LogP contribution in [0, 0.1) is 0 Å². The topological polar surface area (TPSA) is 77.7 Å². The van der Waals surface area contributed by atoms with E-state index in [9.17, 15) is 8.42 Å². The van der Waals surface area contributed by atoms with E-state index in [2.05, 4.69) is 15.5 Å². The Kier molecular flexibility index (Phi) is 2.93. The molecule has 90 valence electrons. The SMILES string of the molecule is CC(C)c1nnnn1S(=O)(=O)c1ccccc1. The van der Waals surface area contributed by atoms with Crippen LogP contribution in [0.15, 0.2) is 35.2 Å². The van der Waals surface area contributed by atoms with Crippen LogP contribution < -0.4 is 0 Å². The summed E-state index contributed by atoms with van der Waals surface area (Å²) < 4.78 is 25.4. The Bertz CT molecular complexity index is 604. The molecule has 2 aromatic rings. The van der Waals surface area contributed by atoms with Crippen molar-refractivity contribution in [3.63, 3.8) is 0 Å². The van der Waals surface area contributed by atoms with Crippen molar-refractivity contribution < 1.29 is 8.42 Å². The maximum Gasteiger partial charge on any atom is 0.286 e. The lowest BCUT2D eigenvalue weighted by Crippen LogP contribution is -2.18. The summed E-state index contributed by atoms with van der Waals surface area (Å²) in [5.74, 6) is 0.261. The highest BCUT2D eigenvalue weighted by Gasteiger charge is 2.23. The Labute approximate surface area is 99.3 Å². The first kappa shape index (κ1) is 11.7. The quantitative estimate of drug-likeness (QED) is 0.815. The van der Waals surface area contributed by atoms with Crippen molar-refractivity contribution in [2.24, 2.45) is 0 Å². The molecule has 0 radical (unpaired) electrons. The van der Waals surface area contributed by atoms with Crippen LogP contribution in [0.25, 0.3) is 0 Å². The van der Waals surface area contributed by atoms with Crippen LogP contribution in [0.3, 0.4) is 0 Å². The summed E-state index contributed by atoms with van der Waals surface area (Å²) in [4.78, 5) is 0.175. The standard InChI is InChI=1S/C10H12N4O2S/c1-8(2)10-11-12-13-14(10)17(15,16)9-6-4-3-5-7-9/h3-8H,1-2H3. The predicted molar refractivity (Wildman–Crippen MR) is 60.9 cm³/mol. The van der Waals surface area contributed by atoms with Crippen LogP contribution in [0.2, 0.25) is 0 Å². The zero-order valence-corrected chi connectivity index (χ0v) is 10.3. The Morgan fingerprint density at radius 3 is 2.41 bits per heavy atom. The molecule has 0 fully saturated rings. The highest BCUT2D eigenvalue weighted by molar-refractivity contribution is 7.89. The van der Waals surface area contributed by atoms with E-state index in [-0.39, 0.29) is 10.8 Å². The second kappa shape index (κ2) is 4.25. The molecule has 1 heterocycles. The first-order valence-electron chi connectivity index (χ1n) is 5.12. The smallest absolute Gasteiger partial charge is 0.199 e. The molecule has 0 saturated carbocycles. The fourth-order valence-corrected chi connectivity index (χ4v) is 2.71. The molecule has 0 unspecified atom stereocenters. The molecule has 17 heavy (non-hydrogen) atoms. The maximum absolute atomic E-state index is 12.2. The highest BCUT2D eigenvalue weighted by atomic mass is 32.2. The number of rotatable bonds is 3. The van der Waals surface area contributed by atoms with E-state index in [0.717, 1.165) is 4.09 Å². The van der Waals surface area contributed by atoms with E-state index in [4.69, 9.17) is 0 Å². The predicted octanol–water partition coefficient (Wildman–Crippen LogP) is 1.03. The number of benzene rings is 1. The van der Waals surface area contributed by atoms with Gasteiger partial charge in [-0.2, -0.15) is 8.42 Å². The number of aromatic nitrogens is 4. The van der Waals surface area contributed by atoms with E-state index in [0.29, 0.717) is 5.82 Å². The first-order chi connectivity index (χ1) is 8.03. The Morgan fingerprint density at radius 2 is 1.82 bits per heavy atom. The monoisotopic (exact) mass is 252 g/mol. The molecule has 0 aliphatic rings. The summed E-state index contributed by atoms with van der Waals surface area (Å²) in [7, 11) is -3.69. The minimum absolute atomic E-state index is 0.0662. The Balaban J connectivity index is 2.57. The lowest BCUT2D eigenvalue weighted by Gasteiger charge is -2.07. The molecule has 1 aromatic carbocycles. The molecular weight excluding hydrogens is 240 g/mol. The number of hydrogen-bond acceptors (Lipinski definition) is 5. The lowest BCUT2D eigenvalue weighted by molar-refractivity contribution is 0.570. The molecule has 0 saturated heterocycles. The molecule has 0 amide bonds. The summed E-state index contributed by atoms with van der Waals surface area (Å²) in [5, 5.41) is 10.7. The van der Waals surface area contributed by atoms with Crippen LogP contribution in [-0.2, 0) is 10.0 Å². The molecule has 2 rings (SSSR count). The number of nitrogens with zero attached hydrogens (tertiary/aromatic N) is 4. The van der Waals surface area contributed by atoms with Gasteiger partial charge in [0.1, 0.15) is 0 Å². The van der Waals surface area contributed by atoms with Crippen molar-refractivity contribution in [1.82, 2.24) is 19.6 Å². The molecule has 0 spiro atoms. The summed E-state index contributed by atoms with van der Waals surface area (Å²) in [6.45, 7) is 3.67. The van der Waals surface area contributed by atoms with Gasteiger partial charge >= 0.3 is 0 Å². The van der Waals surface area contributed by atoms with E-state index < -0.39 is 10.0 Å². The minimum atomic E-state index is -3.69. The minimum Gasteiger partial charge on any atom is -0.199 e. The van der Waals surface area contributed by atoms with Gasteiger partial charge in [-0.05, 0) is 22.6 Å². The van der Waals surface area contributed by atoms with Gasteiger partial charge < -0.3 is 0 Å². The van der Waals surface area contributed by atoms with Gasteiger partial charge in [0.2, 0.25) is 0 Å². The maximum atomic E-state index is 12.2. The zero-order valence-electron chi connectivity index (χ0n) is 9.48. The molecule has 7 heteroatoms.